The van der Waals surface area contributed by atoms with Crippen molar-refractivity contribution in [3.63, 3.8) is 0 Å². The molecule has 1 aromatic carbocycles. The molecule has 5 heterocycles. The zero-order chi connectivity index (χ0) is 31.6. The fourth-order valence-electron chi connectivity index (χ4n) is 6.97. The molecular weight excluding hydrogens is 588 g/mol. The van der Waals surface area contributed by atoms with Crippen molar-refractivity contribution in [1.82, 2.24) is 19.5 Å². The van der Waals surface area contributed by atoms with Gasteiger partial charge in [-0.05, 0) is 74.1 Å². The lowest BCUT2D eigenvalue weighted by atomic mass is 9.87. The number of fused-ring (bicyclic) bond motifs is 2. The molecule has 0 saturated carbocycles. The number of carbonyl (C=O) groups excluding carboxylic acids is 1. The van der Waals surface area contributed by atoms with E-state index in [1.165, 1.54) is 4.90 Å². The molecule has 3 aliphatic heterocycles. The Kier molecular flexibility index (Phi) is 7.58. The van der Waals surface area contributed by atoms with Gasteiger partial charge in [-0.3, -0.25) is 4.90 Å². The van der Waals surface area contributed by atoms with Gasteiger partial charge in [0.05, 0.1) is 23.7 Å². The number of ether oxygens (including phenoxy) is 1. The minimum atomic E-state index is -5.02. The lowest BCUT2D eigenvalue weighted by molar-refractivity contribution is -0.143. The molecule has 3 aliphatic rings. The molecule has 6 rings (SSSR count). The van der Waals surface area contributed by atoms with Crippen molar-refractivity contribution >= 4 is 11.9 Å². The number of pyridine rings is 1. The van der Waals surface area contributed by atoms with Crippen molar-refractivity contribution in [3.8, 4) is 11.3 Å². The summed E-state index contributed by atoms with van der Waals surface area (Å²) < 4.78 is 88.7. The molecule has 0 radical (unpaired) electrons. The lowest BCUT2D eigenvalue weighted by Crippen LogP contribution is -2.37. The largest absolute Gasteiger partial charge is 0.439 e. The fourth-order valence-corrected chi connectivity index (χ4v) is 6.97. The second kappa shape index (κ2) is 11.0. The van der Waals surface area contributed by atoms with Crippen LogP contribution in [0.3, 0.4) is 0 Å². The molecule has 13 heteroatoms. The van der Waals surface area contributed by atoms with Gasteiger partial charge in [-0.15, -0.1) is 0 Å². The quantitative estimate of drug-likeness (QED) is 0.273. The third kappa shape index (κ3) is 5.50. The highest BCUT2D eigenvalue weighted by molar-refractivity contribution is 5.72. The average Bonchev–Trinajstić information content (AvgIpc) is 3.72. The third-order valence-corrected chi connectivity index (χ3v) is 9.30. The van der Waals surface area contributed by atoms with E-state index in [4.69, 9.17) is 9.72 Å². The molecule has 3 saturated heterocycles. The molecule has 2 bridgehead atoms. The van der Waals surface area contributed by atoms with Crippen molar-refractivity contribution < 1.29 is 35.9 Å². The summed E-state index contributed by atoms with van der Waals surface area (Å²) in [7, 11) is 1.89. The molecule has 3 aromatic rings. The van der Waals surface area contributed by atoms with Crippen LogP contribution in [0.1, 0.15) is 67.9 Å². The molecule has 0 spiro atoms. The Labute approximate surface area is 250 Å². The first-order valence-corrected chi connectivity index (χ1v) is 14.7. The number of hydrogen-bond acceptors (Lipinski definition) is 5. The number of anilines is 1. The second-order valence-corrected chi connectivity index (χ2v) is 12.0. The van der Waals surface area contributed by atoms with Crippen molar-refractivity contribution in [3.05, 3.63) is 71.0 Å². The van der Waals surface area contributed by atoms with E-state index in [2.05, 4.69) is 17.4 Å². The molecule has 0 aliphatic carbocycles. The summed E-state index contributed by atoms with van der Waals surface area (Å²) in [5.41, 5.74) is 2.54. The highest BCUT2D eigenvalue weighted by Gasteiger charge is 2.47. The van der Waals surface area contributed by atoms with Crippen LogP contribution in [-0.4, -0.2) is 43.7 Å². The maximum atomic E-state index is 13.6. The van der Waals surface area contributed by atoms with E-state index >= 15 is 0 Å². The highest BCUT2D eigenvalue weighted by Crippen LogP contribution is 2.44. The maximum absolute atomic E-state index is 13.6. The van der Waals surface area contributed by atoms with E-state index in [1.807, 2.05) is 36.0 Å². The van der Waals surface area contributed by atoms with Gasteiger partial charge < -0.3 is 14.7 Å². The average molecular weight is 622 g/mol. The first-order chi connectivity index (χ1) is 20.7. The van der Waals surface area contributed by atoms with E-state index < -0.39 is 41.7 Å². The van der Waals surface area contributed by atoms with E-state index in [1.54, 1.807) is 13.1 Å². The van der Waals surface area contributed by atoms with Gasteiger partial charge in [0, 0.05) is 48.3 Å². The smallest absolute Gasteiger partial charge is 0.416 e. The van der Waals surface area contributed by atoms with Crippen LogP contribution in [0.25, 0.3) is 11.3 Å². The van der Waals surface area contributed by atoms with Crippen molar-refractivity contribution in [1.29, 1.82) is 0 Å². The van der Waals surface area contributed by atoms with E-state index in [0.29, 0.717) is 41.5 Å². The van der Waals surface area contributed by atoms with E-state index in [0.717, 1.165) is 36.9 Å². The van der Waals surface area contributed by atoms with E-state index in [-0.39, 0.29) is 18.2 Å². The topological polar surface area (TPSA) is 62.6 Å². The Balaban J connectivity index is 1.33. The minimum Gasteiger partial charge on any atom is -0.439 e. The monoisotopic (exact) mass is 621 g/mol. The highest BCUT2D eigenvalue weighted by atomic mass is 19.4. The maximum Gasteiger partial charge on any atom is 0.416 e. The fraction of sp³-hybridized carbons (Fsp3) is 0.484. The molecule has 5 atom stereocenters. The first kappa shape index (κ1) is 30.3. The van der Waals surface area contributed by atoms with E-state index in [9.17, 15) is 31.1 Å². The zero-order valence-electron chi connectivity index (χ0n) is 24.4. The number of halogens is 6. The van der Waals surface area contributed by atoms with Gasteiger partial charge in [0.1, 0.15) is 11.9 Å². The van der Waals surface area contributed by atoms with Crippen LogP contribution in [0.4, 0.5) is 37.0 Å². The number of amides is 1. The predicted octanol–water partition coefficient (Wildman–Crippen LogP) is 7.80. The zero-order valence-corrected chi connectivity index (χ0v) is 24.4. The molecule has 236 valence electrons. The number of cyclic esters (lactones) is 1. The van der Waals surface area contributed by atoms with Gasteiger partial charge in [-0.25, -0.2) is 14.8 Å². The molecule has 1 N–H and O–H groups in total. The number of alkyl halides is 6. The van der Waals surface area contributed by atoms with Crippen LogP contribution in [-0.2, 0) is 30.7 Å². The Morgan fingerprint density at radius 2 is 1.75 bits per heavy atom. The number of nitrogens with zero attached hydrogens (tertiary/aromatic N) is 4. The molecule has 3 unspecified atom stereocenters. The van der Waals surface area contributed by atoms with Gasteiger partial charge in [0.2, 0.25) is 0 Å². The Morgan fingerprint density at radius 1 is 1.05 bits per heavy atom. The number of rotatable bonds is 7. The lowest BCUT2D eigenvalue weighted by Gasteiger charge is -2.28. The van der Waals surface area contributed by atoms with Gasteiger partial charge in [0.25, 0.3) is 0 Å². The second-order valence-electron chi connectivity index (χ2n) is 12.0. The van der Waals surface area contributed by atoms with Crippen LogP contribution in [0.5, 0.6) is 0 Å². The van der Waals surface area contributed by atoms with Crippen molar-refractivity contribution in [2.75, 3.05) is 5.43 Å². The number of aromatic nitrogens is 2. The number of nitrogens with one attached hydrogen (secondary N) is 1. The number of carbonyl (C=O) groups is 1. The normalized spacial score (nSPS) is 25.6. The van der Waals surface area contributed by atoms with Gasteiger partial charge in [-0.1, -0.05) is 13.3 Å². The summed E-state index contributed by atoms with van der Waals surface area (Å²) in [4.78, 5) is 19.2. The summed E-state index contributed by atoms with van der Waals surface area (Å²) in [6, 6.07) is 6.86. The summed E-state index contributed by atoms with van der Waals surface area (Å²) in [5, 5.41) is 2.25. The molecular formula is C31H33F6N5O2. The summed E-state index contributed by atoms with van der Waals surface area (Å²) >= 11 is 0. The first-order valence-electron chi connectivity index (χ1n) is 14.7. The number of hydrogen-bond donors (Lipinski definition) is 1. The summed E-state index contributed by atoms with van der Waals surface area (Å²) in [6.45, 7) is 3.72. The van der Waals surface area contributed by atoms with Gasteiger partial charge >= 0.3 is 18.4 Å². The Morgan fingerprint density at radius 3 is 2.34 bits per heavy atom. The van der Waals surface area contributed by atoms with Crippen LogP contribution >= 0.6 is 0 Å². The van der Waals surface area contributed by atoms with Crippen molar-refractivity contribution in [2.24, 2.45) is 13.0 Å². The number of aryl methyl sites for hydroxylation is 1. The van der Waals surface area contributed by atoms with Gasteiger partial charge in [0.15, 0.2) is 0 Å². The molecule has 1 amide bonds. The minimum absolute atomic E-state index is 0.0183. The molecule has 3 fully saturated rings. The summed E-state index contributed by atoms with van der Waals surface area (Å²) in [5.74, 6) is 1.11. The Hall–Kier alpha value is -3.74. The predicted molar refractivity (Wildman–Crippen MR) is 150 cm³/mol. The molecule has 7 nitrogen and oxygen atoms in total. The summed E-state index contributed by atoms with van der Waals surface area (Å²) in [6.07, 6.45) is -4.29. The standard InChI is InChI=1S/C31H33F6N5O2/c1-4-18-13-24-7-8-26(18)42(24)39-28-21(10-20(15-38-28)25-6-5-9-40(25)3)16-41-17(2)27(44-29(41)43)19-11-22(30(32,33)34)14-23(12-19)31(35,36)37/h5-6,9-12,14-15,17-18,24,26-27H,4,7-8,13,16H2,1-3H3,(H,38,39)/t17-,18?,24?,26?,27-/m0/s1. The number of benzene rings is 1. The molecule has 2 aromatic heterocycles. The molecule has 44 heavy (non-hydrogen) atoms. The number of hydrazine groups is 1. The van der Waals surface area contributed by atoms with Crippen LogP contribution < -0.4 is 5.43 Å². The van der Waals surface area contributed by atoms with Crippen LogP contribution in [0.15, 0.2) is 48.8 Å². The van der Waals surface area contributed by atoms with Crippen LogP contribution in [0.2, 0.25) is 0 Å². The SMILES string of the molecule is CCC1CC2CCC1N2Nc1ncc(-c2cccn2C)cc1CN1C(=O)O[C@H](c2cc(C(F)(F)F)cc(C(F)(F)F)c2)[C@@H]1C. The Bertz CT molecular complexity index is 1520. The third-order valence-electron chi connectivity index (χ3n) is 9.30. The van der Waals surface area contributed by atoms with Crippen molar-refractivity contribution in [2.45, 2.75) is 82.7 Å². The van der Waals surface area contributed by atoms with Gasteiger partial charge in [-0.2, -0.15) is 26.3 Å². The van der Waals surface area contributed by atoms with Crippen LogP contribution in [0, 0.1) is 5.92 Å².